The van der Waals surface area contributed by atoms with Gasteiger partial charge >= 0.3 is 11.9 Å². The zero-order chi connectivity index (χ0) is 33.1. The van der Waals surface area contributed by atoms with Crippen LogP contribution in [-0.2, 0) is 19.1 Å². The van der Waals surface area contributed by atoms with Crippen LogP contribution in [0.25, 0.3) is 0 Å². The molecule has 4 N–H and O–H groups in total. The first-order valence-electron chi connectivity index (χ1n) is 18.2. The molecule has 6 atom stereocenters. The fourth-order valence-electron chi connectivity index (χ4n) is 5.96. The quantitative estimate of drug-likeness (QED) is 0.0405. The molecule has 1 fully saturated rings. The summed E-state index contributed by atoms with van der Waals surface area (Å²) >= 11 is 0. The van der Waals surface area contributed by atoms with Crippen LogP contribution in [0.2, 0.25) is 0 Å². The van der Waals surface area contributed by atoms with Gasteiger partial charge in [0, 0.05) is 25.2 Å². The number of esters is 2. The molecule has 0 saturated heterocycles. The summed E-state index contributed by atoms with van der Waals surface area (Å²) in [5.41, 5.74) is 0. The van der Waals surface area contributed by atoms with Crippen molar-refractivity contribution in [2.24, 2.45) is 11.8 Å². The Kier molecular flexibility index (Phi) is 25.1. The lowest BCUT2D eigenvalue weighted by Crippen LogP contribution is -2.28. The summed E-state index contributed by atoms with van der Waals surface area (Å²) in [6, 6.07) is 0. The molecule has 8 nitrogen and oxygen atoms in total. The van der Waals surface area contributed by atoms with Crippen LogP contribution < -0.4 is 0 Å². The van der Waals surface area contributed by atoms with E-state index in [1.807, 2.05) is 18.2 Å². The summed E-state index contributed by atoms with van der Waals surface area (Å²) in [6.07, 6.45) is 24.7. The third-order valence-corrected chi connectivity index (χ3v) is 8.82. The highest BCUT2D eigenvalue weighted by Gasteiger charge is 2.39. The van der Waals surface area contributed by atoms with Crippen LogP contribution in [0.1, 0.15) is 149 Å². The Bertz CT molecular complexity index is 797. The van der Waals surface area contributed by atoms with Crippen molar-refractivity contribution in [2.75, 3.05) is 13.2 Å². The number of ether oxygens (including phenoxy) is 2. The normalized spacial score (nSPS) is 21.5. The minimum absolute atomic E-state index is 0.117. The summed E-state index contributed by atoms with van der Waals surface area (Å²) in [5, 5.41) is 40.6. The largest absolute Gasteiger partial charge is 0.462 e. The van der Waals surface area contributed by atoms with Crippen molar-refractivity contribution in [3.63, 3.8) is 0 Å². The van der Waals surface area contributed by atoms with Gasteiger partial charge in [0.25, 0.3) is 0 Å². The maximum Gasteiger partial charge on any atom is 0.306 e. The van der Waals surface area contributed by atoms with Gasteiger partial charge in [0.05, 0.1) is 24.9 Å². The molecular weight excluding hydrogens is 572 g/mol. The van der Waals surface area contributed by atoms with E-state index in [1.54, 1.807) is 6.08 Å². The van der Waals surface area contributed by atoms with E-state index < -0.39 is 37.0 Å². The third kappa shape index (κ3) is 20.9. The molecule has 0 bridgehead atoms. The fraction of sp³-hybridized carbons (Fsp3) is 0.838. The van der Waals surface area contributed by atoms with Crippen molar-refractivity contribution in [1.29, 1.82) is 0 Å². The summed E-state index contributed by atoms with van der Waals surface area (Å²) in [5.74, 6) is -1.09. The number of carbonyl (C=O) groups is 2. The molecule has 8 heteroatoms. The van der Waals surface area contributed by atoms with Crippen molar-refractivity contribution in [2.45, 2.75) is 173 Å². The van der Waals surface area contributed by atoms with Crippen LogP contribution in [0.3, 0.4) is 0 Å². The lowest BCUT2D eigenvalue weighted by Gasteiger charge is -2.19. The van der Waals surface area contributed by atoms with Gasteiger partial charge < -0.3 is 29.9 Å². The van der Waals surface area contributed by atoms with Gasteiger partial charge in [-0.1, -0.05) is 122 Å². The molecular formula is C37H66O8. The second kappa shape index (κ2) is 27.4. The summed E-state index contributed by atoms with van der Waals surface area (Å²) in [7, 11) is 0. The summed E-state index contributed by atoms with van der Waals surface area (Å²) in [4.78, 5) is 24.3. The van der Waals surface area contributed by atoms with Crippen molar-refractivity contribution >= 4 is 11.9 Å². The lowest BCUT2D eigenvalue weighted by atomic mass is 9.89. The van der Waals surface area contributed by atoms with E-state index in [2.05, 4.69) is 13.8 Å². The molecule has 1 saturated carbocycles. The van der Waals surface area contributed by atoms with Crippen LogP contribution in [0.15, 0.2) is 24.3 Å². The SMILES string of the molecule is CCCCCCCCCCCCCC(=O)O[C@@H](CO)COC(=O)CCC/C=C/C[C@@H]1[C@@H](/C=C/[C@@H](O)CCCCC)[C@H](O)C[C@@H]1O. The first kappa shape index (κ1) is 41.3. The molecule has 0 amide bonds. The summed E-state index contributed by atoms with van der Waals surface area (Å²) < 4.78 is 10.5. The van der Waals surface area contributed by atoms with Crippen molar-refractivity contribution < 1.29 is 39.5 Å². The monoisotopic (exact) mass is 638 g/mol. The maximum absolute atomic E-state index is 12.2. The van der Waals surface area contributed by atoms with Gasteiger partial charge in [-0.2, -0.15) is 0 Å². The van der Waals surface area contributed by atoms with E-state index in [1.165, 1.54) is 51.4 Å². The molecule has 1 rings (SSSR count). The van der Waals surface area contributed by atoms with E-state index in [9.17, 15) is 30.0 Å². The van der Waals surface area contributed by atoms with Gasteiger partial charge in [-0.3, -0.25) is 9.59 Å². The number of unbranched alkanes of at least 4 members (excludes halogenated alkanes) is 13. The van der Waals surface area contributed by atoms with Gasteiger partial charge in [0.15, 0.2) is 6.10 Å². The third-order valence-electron chi connectivity index (χ3n) is 8.82. The Morgan fingerprint density at radius 1 is 0.778 bits per heavy atom. The molecule has 1 aliphatic rings. The van der Waals surface area contributed by atoms with Crippen LogP contribution in [-0.4, -0.2) is 70.0 Å². The van der Waals surface area contributed by atoms with Gasteiger partial charge in [-0.15, -0.1) is 0 Å². The average molecular weight is 639 g/mol. The second-order valence-electron chi connectivity index (χ2n) is 12.9. The smallest absolute Gasteiger partial charge is 0.306 e. The first-order chi connectivity index (χ1) is 21.8. The molecule has 1 aliphatic carbocycles. The van der Waals surface area contributed by atoms with Gasteiger partial charge in [-0.25, -0.2) is 0 Å². The number of allylic oxidation sites excluding steroid dienone is 2. The number of rotatable bonds is 28. The number of aliphatic hydroxyl groups excluding tert-OH is 4. The van der Waals surface area contributed by atoms with E-state index in [0.29, 0.717) is 38.5 Å². The highest BCUT2D eigenvalue weighted by molar-refractivity contribution is 5.70. The predicted octanol–water partition coefficient (Wildman–Crippen LogP) is 7.11. The zero-order valence-electron chi connectivity index (χ0n) is 28.5. The molecule has 0 unspecified atom stereocenters. The van der Waals surface area contributed by atoms with Crippen LogP contribution >= 0.6 is 0 Å². The van der Waals surface area contributed by atoms with Gasteiger partial charge in [0.1, 0.15) is 6.61 Å². The van der Waals surface area contributed by atoms with Crippen LogP contribution in [0, 0.1) is 11.8 Å². The molecule has 0 aromatic rings. The second-order valence-corrected chi connectivity index (χ2v) is 12.9. The number of aliphatic hydroxyl groups is 4. The standard InChI is InChI=1S/C37H66O8/c1-3-5-7-8-9-10-11-12-13-14-20-24-37(43)45-31(28-38)29-44-36(42)23-19-16-15-18-22-32-33(35(41)27-34(32)40)26-25-30(39)21-17-6-4-2/h15,18,25-26,30-35,38-41H,3-14,16-17,19-24,27-29H2,1-2H3/b18-15+,26-25+/t30-,31-,32+,33+,34-,35+/m0/s1. The molecule has 0 aromatic heterocycles. The maximum atomic E-state index is 12.2. The average Bonchev–Trinajstić information content (AvgIpc) is 3.29. The van der Waals surface area contributed by atoms with E-state index in [0.717, 1.165) is 38.5 Å². The van der Waals surface area contributed by atoms with Crippen molar-refractivity contribution in [3.05, 3.63) is 24.3 Å². The minimum Gasteiger partial charge on any atom is -0.462 e. The Morgan fingerprint density at radius 3 is 2.02 bits per heavy atom. The highest BCUT2D eigenvalue weighted by Crippen LogP contribution is 2.36. The molecule has 0 heterocycles. The number of carbonyl (C=O) groups excluding carboxylic acids is 2. The first-order valence-corrected chi connectivity index (χ1v) is 18.2. The number of hydrogen-bond donors (Lipinski definition) is 4. The summed E-state index contributed by atoms with van der Waals surface area (Å²) in [6.45, 7) is 3.81. The van der Waals surface area contributed by atoms with Gasteiger partial charge in [0.2, 0.25) is 0 Å². The number of hydrogen-bond acceptors (Lipinski definition) is 8. The van der Waals surface area contributed by atoms with E-state index in [-0.39, 0.29) is 30.8 Å². The van der Waals surface area contributed by atoms with Gasteiger partial charge in [-0.05, 0) is 38.0 Å². The predicted molar refractivity (Wildman–Crippen MR) is 180 cm³/mol. The molecule has 0 aliphatic heterocycles. The van der Waals surface area contributed by atoms with Crippen LogP contribution in [0.5, 0.6) is 0 Å². The fourth-order valence-corrected chi connectivity index (χ4v) is 5.96. The Hall–Kier alpha value is -1.74. The topological polar surface area (TPSA) is 134 Å². The minimum atomic E-state index is -0.846. The highest BCUT2D eigenvalue weighted by atomic mass is 16.6. The Morgan fingerprint density at radius 2 is 1.38 bits per heavy atom. The zero-order valence-corrected chi connectivity index (χ0v) is 28.5. The van der Waals surface area contributed by atoms with Crippen LogP contribution in [0.4, 0.5) is 0 Å². The Balaban J connectivity index is 2.18. The Labute approximate surface area is 273 Å². The van der Waals surface area contributed by atoms with E-state index >= 15 is 0 Å². The van der Waals surface area contributed by atoms with E-state index in [4.69, 9.17) is 9.47 Å². The lowest BCUT2D eigenvalue weighted by molar-refractivity contribution is -0.161. The molecule has 0 radical (unpaired) electrons. The molecule has 262 valence electrons. The van der Waals surface area contributed by atoms with Crippen molar-refractivity contribution in [3.8, 4) is 0 Å². The molecule has 0 aromatic carbocycles. The molecule has 45 heavy (non-hydrogen) atoms. The molecule has 0 spiro atoms. The van der Waals surface area contributed by atoms with Crippen molar-refractivity contribution in [1.82, 2.24) is 0 Å².